The van der Waals surface area contributed by atoms with E-state index in [9.17, 15) is 4.79 Å². The molecule has 0 atom stereocenters. The van der Waals surface area contributed by atoms with E-state index in [1.165, 1.54) is 0 Å². The van der Waals surface area contributed by atoms with Crippen molar-refractivity contribution in [2.45, 2.75) is 0 Å². The molecule has 0 saturated carbocycles. The quantitative estimate of drug-likeness (QED) is 0.741. The van der Waals surface area contributed by atoms with Crippen LogP contribution in [0.3, 0.4) is 0 Å². The molecule has 0 amide bonds. The maximum atomic E-state index is 10.2. The molecule has 0 saturated heterocycles. The molecule has 4 nitrogen and oxygen atoms in total. The Kier molecular flexibility index (Phi) is 3.76. The molecule has 0 unspecified atom stereocenters. The number of carboxylic acids is 1. The minimum atomic E-state index is -1.02. The molecule has 4 heteroatoms. The number of carbonyl (C=O) groups is 1. The minimum Gasteiger partial charge on any atom is -0.482 e. The zero-order valence-corrected chi connectivity index (χ0v) is 7.73. The third kappa shape index (κ3) is 3.84. The topological polar surface area (TPSA) is 70.3 Å². The molecule has 0 bridgehead atoms. The van der Waals surface area contributed by atoms with Crippen molar-refractivity contribution in [2.24, 2.45) is 0 Å². The lowest BCUT2D eigenvalue weighted by Gasteiger charge is -2.01. The van der Waals surface area contributed by atoms with Crippen molar-refractivity contribution in [1.29, 1.82) is 5.26 Å². The lowest BCUT2D eigenvalue weighted by Crippen LogP contribution is -2.09. The molecule has 0 radical (unpaired) electrons. The van der Waals surface area contributed by atoms with Gasteiger partial charge in [0, 0.05) is 11.5 Å². The highest BCUT2D eigenvalue weighted by Gasteiger charge is 1.98. The van der Waals surface area contributed by atoms with E-state index in [1.54, 1.807) is 30.3 Å². The molecule has 15 heavy (non-hydrogen) atoms. The fourth-order valence-corrected chi connectivity index (χ4v) is 0.880. The maximum absolute atomic E-state index is 10.2. The van der Waals surface area contributed by atoms with Crippen molar-refractivity contribution in [3.05, 3.63) is 29.8 Å². The molecule has 0 aliphatic rings. The fraction of sp³-hybridized carbons (Fsp3) is 0.0909. The number of rotatable bonds is 3. The van der Waals surface area contributed by atoms with Crippen LogP contribution in [-0.4, -0.2) is 17.7 Å². The second-order valence-electron chi connectivity index (χ2n) is 2.57. The predicted molar refractivity (Wildman–Crippen MR) is 52.1 cm³/mol. The van der Waals surface area contributed by atoms with E-state index in [0.717, 1.165) is 0 Å². The van der Waals surface area contributed by atoms with Crippen LogP contribution < -0.4 is 4.74 Å². The Bertz CT molecular complexity index is 445. The summed E-state index contributed by atoms with van der Waals surface area (Å²) in [7, 11) is 0. The van der Waals surface area contributed by atoms with Crippen LogP contribution in [-0.2, 0) is 4.79 Å². The highest BCUT2D eigenvalue weighted by molar-refractivity contribution is 5.68. The van der Waals surface area contributed by atoms with Crippen LogP contribution in [0.2, 0.25) is 0 Å². The van der Waals surface area contributed by atoms with Gasteiger partial charge in [0.25, 0.3) is 0 Å². The lowest BCUT2D eigenvalue weighted by molar-refractivity contribution is -0.139. The van der Waals surface area contributed by atoms with Gasteiger partial charge in [0.05, 0.1) is 0 Å². The van der Waals surface area contributed by atoms with Gasteiger partial charge in [0.2, 0.25) is 0 Å². The van der Waals surface area contributed by atoms with Gasteiger partial charge >= 0.3 is 5.97 Å². The Morgan fingerprint density at radius 3 is 2.60 bits per heavy atom. The summed E-state index contributed by atoms with van der Waals surface area (Å²) in [5.41, 5.74) is 0.680. The Morgan fingerprint density at radius 1 is 1.40 bits per heavy atom. The monoisotopic (exact) mass is 201 g/mol. The van der Waals surface area contributed by atoms with Crippen LogP contribution in [0.1, 0.15) is 5.56 Å². The first-order valence-electron chi connectivity index (χ1n) is 4.07. The molecular formula is C11H7NO3. The molecule has 0 aliphatic heterocycles. The number of hydrogen-bond acceptors (Lipinski definition) is 3. The highest BCUT2D eigenvalue weighted by atomic mass is 16.5. The molecule has 0 aliphatic carbocycles. The van der Waals surface area contributed by atoms with Crippen LogP contribution in [0.15, 0.2) is 24.3 Å². The molecule has 1 aromatic carbocycles. The first-order valence-corrected chi connectivity index (χ1v) is 4.07. The summed E-state index contributed by atoms with van der Waals surface area (Å²) in [5, 5.41) is 16.6. The Morgan fingerprint density at radius 2 is 2.07 bits per heavy atom. The second kappa shape index (κ2) is 5.31. The third-order valence-electron chi connectivity index (χ3n) is 1.48. The number of ether oxygens (including phenoxy) is 1. The second-order valence-corrected chi connectivity index (χ2v) is 2.57. The van der Waals surface area contributed by atoms with Crippen molar-refractivity contribution < 1.29 is 14.6 Å². The predicted octanol–water partition coefficient (Wildman–Crippen LogP) is 1.03. The Hall–Kier alpha value is -2.46. The third-order valence-corrected chi connectivity index (χ3v) is 1.48. The number of carboxylic acid groups (broad SMARTS) is 1. The van der Waals surface area contributed by atoms with Crippen LogP contribution in [0, 0.1) is 23.2 Å². The van der Waals surface area contributed by atoms with Crippen LogP contribution in [0.5, 0.6) is 5.75 Å². The molecule has 1 aromatic rings. The maximum Gasteiger partial charge on any atom is 0.341 e. The number of nitrogens with zero attached hydrogens (tertiary/aromatic N) is 1. The summed E-state index contributed by atoms with van der Waals surface area (Å²) < 4.78 is 4.91. The number of hydrogen-bond donors (Lipinski definition) is 1. The average Bonchev–Trinajstić information content (AvgIpc) is 2.25. The summed E-state index contributed by atoms with van der Waals surface area (Å²) in [4.78, 5) is 10.2. The lowest BCUT2D eigenvalue weighted by atomic mass is 10.2. The highest BCUT2D eigenvalue weighted by Crippen LogP contribution is 2.11. The Balaban J connectivity index is 2.65. The molecule has 1 N–H and O–H groups in total. The normalized spacial score (nSPS) is 8.20. The molecule has 1 rings (SSSR count). The summed E-state index contributed by atoms with van der Waals surface area (Å²) in [5.74, 6) is 4.29. The van der Waals surface area contributed by atoms with Crippen molar-refractivity contribution in [3.63, 3.8) is 0 Å². The van der Waals surface area contributed by atoms with Gasteiger partial charge in [-0.1, -0.05) is 5.92 Å². The van der Waals surface area contributed by atoms with Crippen molar-refractivity contribution in [3.8, 4) is 23.7 Å². The van der Waals surface area contributed by atoms with Crippen molar-refractivity contribution in [1.82, 2.24) is 0 Å². The van der Waals surface area contributed by atoms with E-state index in [2.05, 4.69) is 11.8 Å². The van der Waals surface area contributed by atoms with Gasteiger partial charge in [-0.15, -0.1) is 0 Å². The first-order chi connectivity index (χ1) is 7.22. The zero-order valence-electron chi connectivity index (χ0n) is 7.73. The van der Waals surface area contributed by atoms with Crippen LogP contribution >= 0.6 is 0 Å². The molecule has 0 aromatic heterocycles. The van der Waals surface area contributed by atoms with Gasteiger partial charge in [0.1, 0.15) is 5.75 Å². The largest absolute Gasteiger partial charge is 0.482 e. The van der Waals surface area contributed by atoms with Crippen LogP contribution in [0.4, 0.5) is 0 Å². The smallest absolute Gasteiger partial charge is 0.341 e. The Labute approximate surface area is 86.7 Å². The number of nitriles is 1. The molecule has 0 spiro atoms. The summed E-state index contributed by atoms with van der Waals surface area (Å²) in [6, 6.07) is 8.21. The fourth-order valence-electron chi connectivity index (χ4n) is 0.880. The van der Waals surface area contributed by atoms with E-state index in [1.807, 2.05) is 0 Å². The van der Waals surface area contributed by atoms with Gasteiger partial charge in [-0.3, -0.25) is 0 Å². The van der Waals surface area contributed by atoms with Gasteiger partial charge < -0.3 is 9.84 Å². The summed E-state index contributed by atoms with van der Waals surface area (Å²) in [6.07, 6.45) is 0. The standard InChI is InChI=1S/C11H7NO3/c12-7-1-2-9-3-5-10(6-4-9)15-8-11(13)14/h3-6H,8H2,(H,13,14). The van der Waals surface area contributed by atoms with E-state index in [-0.39, 0.29) is 6.61 Å². The average molecular weight is 201 g/mol. The number of aliphatic carboxylic acids is 1. The number of benzene rings is 1. The van der Waals surface area contributed by atoms with Gasteiger partial charge in [0.15, 0.2) is 12.7 Å². The SMILES string of the molecule is N#CC#Cc1ccc(OCC(=O)O)cc1. The van der Waals surface area contributed by atoms with Gasteiger partial charge in [-0.05, 0) is 24.3 Å². The van der Waals surface area contributed by atoms with Crippen molar-refractivity contribution in [2.75, 3.05) is 6.61 Å². The van der Waals surface area contributed by atoms with Gasteiger partial charge in [-0.2, -0.15) is 5.26 Å². The minimum absolute atomic E-state index is 0.372. The zero-order chi connectivity index (χ0) is 11.1. The first kappa shape index (κ1) is 10.6. The van der Waals surface area contributed by atoms with E-state index < -0.39 is 5.97 Å². The molecule has 0 fully saturated rings. The molecule has 74 valence electrons. The summed E-state index contributed by atoms with van der Waals surface area (Å²) in [6.45, 7) is -0.372. The van der Waals surface area contributed by atoms with E-state index in [4.69, 9.17) is 15.1 Å². The molecular weight excluding hydrogens is 194 g/mol. The van der Waals surface area contributed by atoms with E-state index in [0.29, 0.717) is 11.3 Å². The summed E-state index contributed by atoms with van der Waals surface area (Å²) >= 11 is 0. The van der Waals surface area contributed by atoms with Crippen LogP contribution in [0.25, 0.3) is 0 Å². The van der Waals surface area contributed by atoms with E-state index >= 15 is 0 Å². The van der Waals surface area contributed by atoms with Crippen molar-refractivity contribution >= 4 is 5.97 Å². The van der Waals surface area contributed by atoms with Gasteiger partial charge in [-0.25, -0.2) is 4.79 Å². The molecule has 0 heterocycles.